The number of carbonyl (C=O) groups excluding carboxylic acids is 1. The lowest BCUT2D eigenvalue weighted by molar-refractivity contribution is 0.0996. The summed E-state index contributed by atoms with van der Waals surface area (Å²) in [6.45, 7) is 0. The predicted octanol–water partition coefficient (Wildman–Crippen LogP) is 8.76. The predicted molar refractivity (Wildman–Crippen MR) is 187 cm³/mol. The zero-order valence-electron chi connectivity index (χ0n) is 25.2. The monoisotopic (exact) mass is 608 g/mol. The first-order valence-corrected chi connectivity index (χ1v) is 15.0. The number of amides is 1. The molecule has 0 aliphatic rings. The Morgan fingerprint density at radius 3 is 1.53 bits per heavy atom. The molecule has 1 amide bonds. The molecule has 0 fully saturated rings. The number of primary amides is 1. The molecule has 8 aromatic rings. The first-order valence-electron chi connectivity index (χ1n) is 15.0. The molecule has 4 heterocycles. The van der Waals surface area contributed by atoms with Crippen molar-refractivity contribution in [3.8, 4) is 50.6 Å². The SMILES string of the molecule is N#Cc1cc2c(-c3cccc(-c4ccccc4)c3)cncc2[nH]1.NC(=O)c1cc2c(-c3cccc(-c4ccccc4)c3)cncc2[nH]1. The molecule has 47 heavy (non-hydrogen) atoms. The summed E-state index contributed by atoms with van der Waals surface area (Å²) in [6, 6.07) is 43.0. The summed E-state index contributed by atoms with van der Waals surface area (Å²) in [5.41, 5.74) is 16.8. The Kier molecular flexibility index (Phi) is 7.81. The van der Waals surface area contributed by atoms with Crippen LogP contribution >= 0.6 is 0 Å². The molecule has 7 nitrogen and oxygen atoms in total. The van der Waals surface area contributed by atoms with Crippen LogP contribution in [-0.4, -0.2) is 25.8 Å². The van der Waals surface area contributed by atoms with E-state index in [4.69, 9.17) is 11.0 Å². The largest absolute Gasteiger partial charge is 0.364 e. The van der Waals surface area contributed by atoms with Crippen molar-refractivity contribution in [1.29, 1.82) is 5.26 Å². The number of aromatic nitrogens is 4. The summed E-state index contributed by atoms with van der Waals surface area (Å²) in [4.78, 5) is 26.1. The molecular weight excluding hydrogens is 580 g/mol. The van der Waals surface area contributed by atoms with Gasteiger partial charge in [0, 0.05) is 34.3 Å². The van der Waals surface area contributed by atoms with Gasteiger partial charge in [0.25, 0.3) is 5.91 Å². The highest BCUT2D eigenvalue weighted by Crippen LogP contribution is 2.32. The van der Waals surface area contributed by atoms with Gasteiger partial charge < -0.3 is 15.7 Å². The Hall–Kier alpha value is -6.78. The number of carbonyl (C=O) groups is 1. The molecule has 0 aliphatic heterocycles. The number of aromatic amines is 2. The highest BCUT2D eigenvalue weighted by molar-refractivity contribution is 6.02. The molecule has 0 unspecified atom stereocenters. The molecule has 4 N–H and O–H groups in total. The van der Waals surface area contributed by atoms with Gasteiger partial charge in [0.2, 0.25) is 0 Å². The Morgan fingerprint density at radius 2 is 1.02 bits per heavy atom. The Morgan fingerprint density at radius 1 is 0.553 bits per heavy atom. The van der Waals surface area contributed by atoms with Gasteiger partial charge >= 0.3 is 0 Å². The lowest BCUT2D eigenvalue weighted by atomic mass is 9.98. The summed E-state index contributed by atoms with van der Waals surface area (Å²) in [7, 11) is 0. The quantitative estimate of drug-likeness (QED) is 0.181. The Labute approximate surface area is 271 Å². The van der Waals surface area contributed by atoms with Gasteiger partial charge in [0.15, 0.2) is 0 Å². The third kappa shape index (κ3) is 5.99. The van der Waals surface area contributed by atoms with Crippen LogP contribution in [0, 0.1) is 11.3 Å². The maximum Gasteiger partial charge on any atom is 0.265 e. The number of rotatable bonds is 5. The maximum absolute atomic E-state index is 11.4. The minimum absolute atomic E-state index is 0.387. The van der Waals surface area contributed by atoms with E-state index >= 15 is 0 Å². The summed E-state index contributed by atoms with van der Waals surface area (Å²) < 4.78 is 0. The molecule has 224 valence electrons. The van der Waals surface area contributed by atoms with Crippen molar-refractivity contribution in [2.75, 3.05) is 0 Å². The van der Waals surface area contributed by atoms with Crippen molar-refractivity contribution in [3.05, 3.63) is 158 Å². The number of hydrogen-bond acceptors (Lipinski definition) is 4. The summed E-state index contributed by atoms with van der Waals surface area (Å²) in [6.07, 6.45) is 7.11. The molecule has 8 rings (SSSR count). The highest BCUT2D eigenvalue weighted by Gasteiger charge is 2.12. The first-order chi connectivity index (χ1) is 23.1. The van der Waals surface area contributed by atoms with Gasteiger partial charge in [-0.15, -0.1) is 0 Å². The number of nitriles is 1. The lowest BCUT2D eigenvalue weighted by Gasteiger charge is -2.07. The molecule has 7 heteroatoms. The third-order valence-electron chi connectivity index (χ3n) is 8.04. The van der Waals surface area contributed by atoms with Crippen LogP contribution in [0.3, 0.4) is 0 Å². The van der Waals surface area contributed by atoms with E-state index in [0.29, 0.717) is 11.4 Å². The van der Waals surface area contributed by atoms with E-state index in [0.717, 1.165) is 60.8 Å². The third-order valence-corrected chi connectivity index (χ3v) is 8.04. The molecule has 0 saturated carbocycles. The van der Waals surface area contributed by atoms with Gasteiger partial charge in [0.1, 0.15) is 17.5 Å². The topological polar surface area (TPSA) is 124 Å². The van der Waals surface area contributed by atoms with Crippen LogP contribution in [-0.2, 0) is 0 Å². The molecule has 4 aromatic carbocycles. The fourth-order valence-corrected chi connectivity index (χ4v) is 5.75. The average Bonchev–Trinajstić information content (AvgIpc) is 3.78. The molecular formula is C40H28N6O. The van der Waals surface area contributed by atoms with Crippen LogP contribution in [0.4, 0.5) is 0 Å². The van der Waals surface area contributed by atoms with E-state index in [9.17, 15) is 4.79 Å². The van der Waals surface area contributed by atoms with Crippen molar-refractivity contribution in [2.24, 2.45) is 5.73 Å². The van der Waals surface area contributed by atoms with Crippen molar-refractivity contribution < 1.29 is 4.79 Å². The number of fused-ring (bicyclic) bond motifs is 2. The first kappa shape index (κ1) is 29.0. The molecule has 0 bridgehead atoms. The maximum atomic E-state index is 11.4. The van der Waals surface area contributed by atoms with E-state index in [1.54, 1.807) is 18.5 Å². The number of nitrogens with one attached hydrogen (secondary N) is 2. The van der Waals surface area contributed by atoms with Gasteiger partial charge in [-0.3, -0.25) is 14.8 Å². The van der Waals surface area contributed by atoms with Crippen LogP contribution in [0.2, 0.25) is 0 Å². The average molecular weight is 609 g/mol. The number of H-pyrrole nitrogens is 2. The summed E-state index contributed by atoms with van der Waals surface area (Å²) in [5, 5.41) is 11.0. The van der Waals surface area contributed by atoms with E-state index in [-0.39, 0.29) is 0 Å². The van der Waals surface area contributed by atoms with Crippen LogP contribution < -0.4 is 5.73 Å². The molecule has 0 radical (unpaired) electrons. The van der Waals surface area contributed by atoms with E-state index < -0.39 is 5.91 Å². The number of nitrogens with two attached hydrogens (primary N) is 1. The van der Waals surface area contributed by atoms with Gasteiger partial charge in [-0.2, -0.15) is 5.26 Å². The lowest BCUT2D eigenvalue weighted by Crippen LogP contribution is -2.10. The Bertz CT molecular complexity index is 2400. The molecule has 0 aliphatic carbocycles. The zero-order valence-corrected chi connectivity index (χ0v) is 25.2. The van der Waals surface area contributed by atoms with Crippen molar-refractivity contribution in [2.45, 2.75) is 0 Å². The minimum atomic E-state index is -0.477. The fraction of sp³-hybridized carbons (Fsp3) is 0. The van der Waals surface area contributed by atoms with Crippen LogP contribution in [0.1, 0.15) is 16.2 Å². The zero-order chi connectivity index (χ0) is 32.2. The number of benzene rings is 4. The second-order valence-corrected chi connectivity index (χ2v) is 11.0. The molecule has 4 aromatic heterocycles. The van der Waals surface area contributed by atoms with E-state index in [1.807, 2.05) is 73.1 Å². The summed E-state index contributed by atoms with van der Waals surface area (Å²) >= 11 is 0. The van der Waals surface area contributed by atoms with Crippen molar-refractivity contribution in [3.63, 3.8) is 0 Å². The van der Waals surface area contributed by atoms with Gasteiger partial charge in [-0.1, -0.05) is 97.1 Å². The van der Waals surface area contributed by atoms with Crippen molar-refractivity contribution >= 4 is 27.7 Å². The van der Waals surface area contributed by atoms with Crippen LogP contribution in [0.5, 0.6) is 0 Å². The van der Waals surface area contributed by atoms with E-state index in [1.165, 1.54) is 5.56 Å². The second kappa shape index (κ2) is 12.7. The molecule has 0 atom stereocenters. The van der Waals surface area contributed by atoms with Gasteiger partial charge in [-0.05, 0) is 57.6 Å². The smallest absolute Gasteiger partial charge is 0.265 e. The summed E-state index contributed by atoms with van der Waals surface area (Å²) in [5.74, 6) is -0.477. The van der Waals surface area contributed by atoms with Gasteiger partial charge in [-0.25, -0.2) is 0 Å². The van der Waals surface area contributed by atoms with Crippen LogP contribution in [0.25, 0.3) is 66.3 Å². The molecule has 0 saturated heterocycles. The normalized spacial score (nSPS) is 10.7. The van der Waals surface area contributed by atoms with E-state index in [2.05, 4.69) is 80.6 Å². The standard InChI is InChI=1S/C20H15N3O.C20H13N3/c21-20(24)18-10-16-17(11-22-12-19(16)23-18)15-8-4-7-14(9-15)13-5-2-1-3-6-13;21-11-17-10-18-19(12-22-13-20(18)23-17)16-8-4-7-15(9-16)14-5-2-1-3-6-14/h1-12,23H,(H2,21,24);1-10,12-13,23H. The number of nitrogens with zero attached hydrogens (tertiary/aromatic N) is 3. The molecule has 0 spiro atoms. The number of pyridine rings is 2. The minimum Gasteiger partial charge on any atom is -0.364 e. The Balaban J connectivity index is 0.000000150. The fourth-order valence-electron chi connectivity index (χ4n) is 5.75. The second-order valence-electron chi connectivity index (χ2n) is 11.0. The van der Waals surface area contributed by atoms with Crippen LogP contribution in [0.15, 0.2) is 146 Å². The highest BCUT2D eigenvalue weighted by atomic mass is 16.1. The van der Waals surface area contributed by atoms with Gasteiger partial charge in [0.05, 0.1) is 23.4 Å². The number of hydrogen-bond donors (Lipinski definition) is 3. The van der Waals surface area contributed by atoms with Crippen molar-refractivity contribution in [1.82, 2.24) is 19.9 Å².